The SMILES string of the molecule is CN=C(N)c1c(C)c(C(C)=O)cn(-c2ccc(Cl)cc2)c1=O. The summed E-state index contributed by atoms with van der Waals surface area (Å²) < 4.78 is 1.38. The van der Waals surface area contributed by atoms with Crippen molar-refractivity contribution in [3.63, 3.8) is 0 Å². The van der Waals surface area contributed by atoms with Gasteiger partial charge in [0.1, 0.15) is 5.84 Å². The highest BCUT2D eigenvalue weighted by atomic mass is 35.5. The van der Waals surface area contributed by atoms with E-state index < -0.39 is 0 Å². The molecule has 22 heavy (non-hydrogen) atoms. The normalized spacial score (nSPS) is 11.5. The van der Waals surface area contributed by atoms with E-state index in [1.807, 2.05) is 0 Å². The van der Waals surface area contributed by atoms with Crippen LogP contribution in [0, 0.1) is 6.92 Å². The zero-order valence-corrected chi connectivity index (χ0v) is 13.3. The van der Waals surface area contributed by atoms with Crippen LogP contribution in [0.4, 0.5) is 0 Å². The first-order chi connectivity index (χ1) is 10.4. The van der Waals surface area contributed by atoms with Crippen molar-refractivity contribution < 1.29 is 4.79 Å². The average Bonchev–Trinajstić information content (AvgIpc) is 2.48. The summed E-state index contributed by atoms with van der Waals surface area (Å²) in [5.41, 5.74) is 7.31. The smallest absolute Gasteiger partial charge is 0.266 e. The summed E-state index contributed by atoms with van der Waals surface area (Å²) in [6, 6.07) is 6.75. The van der Waals surface area contributed by atoms with Crippen molar-refractivity contribution in [2.45, 2.75) is 13.8 Å². The second kappa shape index (κ2) is 6.15. The number of hydrogen-bond acceptors (Lipinski definition) is 3. The summed E-state index contributed by atoms with van der Waals surface area (Å²) >= 11 is 5.87. The van der Waals surface area contributed by atoms with Crippen LogP contribution in [0.2, 0.25) is 5.02 Å². The van der Waals surface area contributed by atoms with E-state index in [4.69, 9.17) is 17.3 Å². The van der Waals surface area contributed by atoms with Gasteiger partial charge in [-0.3, -0.25) is 19.1 Å². The monoisotopic (exact) mass is 317 g/mol. The van der Waals surface area contributed by atoms with Crippen molar-refractivity contribution in [2.75, 3.05) is 7.05 Å². The van der Waals surface area contributed by atoms with Crippen LogP contribution in [0.1, 0.15) is 28.4 Å². The lowest BCUT2D eigenvalue weighted by Crippen LogP contribution is -2.32. The molecular formula is C16H16ClN3O2. The molecule has 0 aliphatic rings. The van der Waals surface area contributed by atoms with Crippen molar-refractivity contribution in [2.24, 2.45) is 10.7 Å². The molecule has 1 heterocycles. The first-order valence-electron chi connectivity index (χ1n) is 6.62. The maximum atomic E-state index is 12.7. The number of carbonyl (C=O) groups excluding carboxylic acids is 1. The largest absolute Gasteiger partial charge is 0.383 e. The van der Waals surface area contributed by atoms with Crippen LogP contribution in [0.3, 0.4) is 0 Å². The van der Waals surface area contributed by atoms with E-state index in [9.17, 15) is 9.59 Å². The third kappa shape index (κ3) is 2.80. The van der Waals surface area contributed by atoms with Crippen molar-refractivity contribution in [1.29, 1.82) is 0 Å². The Morgan fingerprint density at radius 3 is 2.36 bits per heavy atom. The van der Waals surface area contributed by atoms with E-state index in [-0.39, 0.29) is 22.7 Å². The fraction of sp³-hybridized carbons (Fsp3) is 0.188. The van der Waals surface area contributed by atoms with Gasteiger partial charge in [-0.05, 0) is 43.7 Å². The molecular weight excluding hydrogens is 302 g/mol. The van der Waals surface area contributed by atoms with Gasteiger partial charge in [-0.1, -0.05) is 11.6 Å². The number of aliphatic imine (C=N–C) groups is 1. The van der Waals surface area contributed by atoms with Crippen LogP contribution in [0.25, 0.3) is 5.69 Å². The molecule has 114 valence electrons. The van der Waals surface area contributed by atoms with Gasteiger partial charge in [0.2, 0.25) is 0 Å². The van der Waals surface area contributed by atoms with E-state index in [1.54, 1.807) is 31.2 Å². The molecule has 0 saturated carbocycles. The molecule has 0 amide bonds. The molecule has 0 unspecified atom stereocenters. The number of halogens is 1. The number of rotatable bonds is 3. The molecule has 2 N–H and O–H groups in total. The van der Waals surface area contributed by atoms with Crippen LogP contribution < -0.4 is 11.3 Å². The molecule has 0 fully saturated rings. The number of ketones is 1. The predicted molar refractivity (Wildman–Crippen MR) is 88.4 cm³/mol. The van der Waals surface area contributed by atoms with Crippen LogP contribution >= 0.6 is 11.6 Å². The Bertz CT molecular complexity index is 821. The van der Waals surface area contributed by atoms with E-state index in [2.05, 4.69) is 4.99 Å². The first-order valence-corrected chi connectivity index (χ1v) is 7.00. The number of nitrogens with two attached hydrogens (primary N) is 1. The average molecular weight is 318 g/mol. The number of amidine groups is 1. The van der Waals surface area contributed by atoms with Crippen molar-refractivity contribution >= 4 is 23.2 Å². The van der Waals surface area contributed by atoms with Crippen LogP contribution in [0.5, 0.6) is 0 Å². The number of carbonyl (C=O) groups is 1. The molecule has 0 atom stereocenters. The lowest BCUT2D eigenvalue weighted by atomic mass is 10.0. The van der Waals surface area contributed by atoms with Crippen molar-refractivity contribution in [1.82, 2.24) is 4.57 Å². The van der Waals surface area contributed by atoms with Crippen LogP contribution in [-0.4, -0.2) is 23.2 Å². The fourth-order valence-electron chi connectivity index (χ4n) is 2.26. The predicted octanol–water partition coefficient (Wildman–Crippen LogP) is 2.34. The van der Waals surface area contributed by atoms with Crippen LogP contribution in [-0.2, 0) is 0 Å². The lowest BCUT2D eigenvalue weighted by molar-refractivity contribution is 0.101. The molecule has 5 nitrogen and oxygen atoms in total. The molecule has 0 bridgehead atoms. The zero-order chi connectivity index (χ0) is 16.4. The number of hydrogen-bond donors (Lipinski definition) is 1. The molecule has 6 heteroatoms. The first kappa shape index (κ1) is 16.0. The van der Waals surface area contributed by atoms with Gasteiger partial charge in [-0.25, -0.2) is 0 Å². The van der Waals surface area contributed by atoms with E-state index >= 15 is 0 Å². The molecule has 0 radical (unpaired) electrons. The van der Waals surface area contributed by atoms with Gasteiger partial charge in [0, 0.05) is 29.5 Å². The Hall–Kier alpha value is -2.40. The van der Waals surface area contributed by atoms with Gasteiger partial charge >= 0.3 is 0 Å². The van der Waals surface area contributed by atoms with Gasteiger partial charge in [-0.15, -0.1) is 0 Å². The minimum Gasteiger partial charge on any atom is -0.383 e. The Morgan fingerprint density at radius 1 is 1.27 bits per heavy atom. The topological polar surface area (TPSA) is 77.4 Å². The second-order valence-electron chi connectivity index (χ2n) is 4.86. The zero-order valence-electron chi connectivity index (χ0n) is 12.6. The van der Waals surface area contributed by atoms with Gasteiger partial charge in [0.05, 0.1) is 5.56 Å². The molecule has 0 spiro atoms. The number of Topliss-reactive ketones (excluding diaryl/α,β-unsaturated/α-hetero) is 1. The molecule has 0 aliphatic heterocycles. The Balaban J connectivity index is 2.85. The molecule has 2 aromatic rings. The standard InChI is InChI=1S/C16H16ClN3O2/c1-9-13(10(2)21)8-20(12-6-4-11(17)5-7-12)16(22)14(9)15(18)19-3/h4-8H,1-3H3,(H2,18,19). The van der Waals surface area contributed by atoms with Gasteiger partial charge < -0.3 is 5.73 Å². The van der Waals surface area contributed by atoms with Gasteiger partial charge in [0.15, 0.2) is 5.78 Å². The maximum absolute atomic E-state index is 12.7. The minimum atomic E-state index is -0.326. The van der Waals surface area contributed by atoms with E-state index in [0.717, 1.165) is 0 Å². The third-order valence-electron chi connectivity index (χ3n) is 3.45. The molecule has 2 rings (SSSR count). The molecule has 1 aromatic heterocycles. The number of nitrogens with zero attached hydrogens (tertiary/aromatic N) is 2. The van der Waals surface area contributed by atoms with E-state index in [1.165, 1.54) is 24.7 Å². The van der Waals surface area contributed by atoms with Crippen molar-refractivity contribution in [3.05, 3.63) is 62.5 Å². The minimum absolute atomic E-state index is 0.105. The summed E-state index contributed by atoms with van der Waals surface area (Å²) in [7, 11) is 1.50. The highest BCUT2D eigenvalue weighted by Crippen LogP contribution is 2.16. The summed E-state index contributed by atoms with van der Waals surface area (Å²) in [6.45, 7) is 3.14. The fourth-order valence-corrected chi connectivity index (χ4v) is 2.39. The van der Waals surface area contributed by atoms with Gasteiger partial charge in [0.25, 0.3) is 5.56 Å². The number of pyridine rings is 1. The number of aromatic nitrogens is 1. The Labute approximate surface area is 133 Å². The van der Waals surface area contributed by atoms with Gasteiger partial charge in [-0.2, -0.15) is 0 Å². The van der Waals surface area contributed by atoms with Crippen LogP contribution in [0.15, 0.2) is 40.2 Å². The van der Waals surface area contributed by atoms with Crippen molar-refractivity contribution in [3.8, 4) is 5.69 Å². The Kier molecular flexibility index (Phi) is 4.47. The highest BCUT2D eigenvalue weighted by molar-refractivity contribution is 6.30. The quantitative estimate of drug-likeness (QED) is 0.536. The summed E-state index contributed by atoms with van der Waals surface area (Å²) in [4.78, 5) is 28.4. The molecule has 1 aromatic carbocycles. The molecule has 0 aliphatic carbocycles. The highest BCUT2D eigenvalue weighted by Gasteiger charge is 2.18. The summed E-state index contributed by atoms with van der Waals surface area (Å²) in [6.07, 6.45) is 1.52. The molecule has 0 saturated heterocycles. The Morgan fingerprint density at radius 2 is 1.86 bits per heavy atom. The third-order valence-corrected chi connectivity index (χ3v) is 3.70. The van der Waals surface area contributed by atoms with E-state index in [0.29, 0.717) is 21.8 Å². The summed E-state index contributed by atoms with van der Waals surface area (Å²) in [5.74, 6) is -0.0429. The number of benzene rings is 1. The second-order valence-corrected chi connectivity index (χ2v) is 5.30. The lowest BCUT2D eigenvalue weighted by Gasteiger charge is -2.14. The maximum Gasteiger partial charge on any atom is 0.266 e. The summed E-state index contributed by atoms with van der Waals surface area (Å²) in [5, 5.41) is 0.561.